The van der Waals surface area contributed by atoms with Crippen LogP contribution in [0.15, 0.2) is 24.3 Å². The number of aryl methyl sites for hydroxylation is 1. The van der Waals surface area contributed by atoms with Crippen LogP contribution in [0.3, 0.4) is 0 Å². The number of anilines is 1. The Hall–Kier alpha value is -1.64. The summed E-state index contributed by atoms with van der Waals surface area (Å²) in [5, 5.41) is 9.20. The minimum atomic E-state index is -3.86. The molecule has 1 aromatic rings. The summed E-state index contributed by atoms with van der Waals surface area (Å²) >= 11 is 0. The third-order valence-corrected chi connectivity index (χ3v) is 6.63. The summed E-state index contributed by atoms with van der Waals surface area (Å²) < 4.78 is 29.8. The molecule has 0 bridgehead atoms. The number of aliphatic carboxylic acids is 1. The van der Waals surface area contributed by atoms with Crippen LogP contribution in [0.25, 0.3) is 0 Å². The number of hydrogen-bond acceptors (Lipinski definition) is 3. The van der Waals surface area contributed by atoms with Crippen LogP contribution in [0.1, 0.15) is 57.4 Å². The lowest BCUT2D eigenvalue weighted by atomic mass is 10.0. The predicted octanol–water partition coefficient (Wildman–Crippen LogP) is 3.73. The second-order valence-corrected chi connectivity index (χ2v) is 10.8. The fourth-order valence-electron chi connectivity index (χ4n) is 3.41. The number of carboxylic acids is 1. The van der Waals surface area contributed by atoms with Gasteiger partial charge in [-0.3, -0.25) is 9.52 Å². The Morgan fingerprint density at radius 1 is 1.07 bits per heavy atom. The molecule has 0 spiro atoms. The van der Waals surface area contributed by atoms with Gasteiger partial charge in [0.25, 0.3) is 0 Å². The average Bonchev–Trinajstić information content (AvgIpc) is 2.63. The molecule has 0 fully saturated rings. The molecule has 0 aromatic heterocycles. The summed E-state index contributed by atoms with van der Waals surface area (Å²) in [5.74, 6) is -1.02. The highest BCUT2D eigenvalue weighted by Crippen LogP contribution is 2.18. The van der Waals surface area contributed by atoms with Crippen LogP contribution in [0, 0.1) is 0 Å². The van der Waals surface area contributed by atoms with E-state index in [9.17, 15) is 18.3 Å². The van der Waals surface area contributed by atoms with Gasteiger partial charge in [0.1, 0.15) is 0 Å². The molecule has 7 nitrogen and oxygen atoms in total. The molecule has 0 saturated carbocycles. The Morgan fingerprint density at radius 2 is 1.63 bits per heavy atom. The van der Waals surface area contributed by atoms with Crippen LogP contribution in [0.5, 0.6) is 0 Å². The van der Waals surface area contributed by atoms with E-state index in [1.165, 1.54) is 44.7 Å². The first kappa shape index (κ1) is 26.4. The smallest absolute Gasteiger partial charge is 0.305 e. The van der Waals surface area contributed by atoms with E-state index >= 15 is 0 Å². The maximum atomic E-state index is 12.8. The topological polar surface area (TPSA) is 86.7 Å². The van der Waals surface area contributed by atoms with E-state index in [-0.39, 0.29) is 6.42 Å². The lowest BCUT2D eigenvalue weighted by Crippen LogP contribution is -2.51. The molecule has 8 heteroatoms. The summed E-state index contributed by atoms with van der Waals surface area (Å²) in [6.07, 6.45) is 8.21. The molecular weight excluding hydrogens is 402 g/mol. The van der Waals surface area contributed by atoms with Crippen molar-refractivity contribution in [1.82, 2.24) is 4.31 Å². The highest BCUT2D eigenvalue weighted by Gasteiger charge is 2.32. The van der Waals surface area contributed by atoms with Crippen LogP contribution >= 0.6 is 0 Å². The molecular formula is C22H40N3O4S+. The molecule has 0 unspecified atom stereocenters. The standard InChI is InChI=1S/C22H39N3O4S/c1-6-7-8-9-10-11-12-19-13-15-20(16-14-19)23-30(28,29)24(2)21(17-22(26)27)18-25(3,4)5/h13-16,21,23H,6-12,17-18H2,1-5H3/p+1/t21-/m1/s1. The van der Waals surface area contributed by atoms with E-state index < -0.39 is 22.2 Å². The minimum Gasteiger partial charge on any atom is -0.481 e. The second-order valence-electron chi connectivity index (χ2n) is 9.06. The maximum absolute atomic E-state index is 12.8. The van der Waals surface area contributed by atoms with Crippen molar-refractivity contribution in [1.29, 1.82) is 0 Å². The van der Waals surface area contributed by atoms with Gasteiger partial charge in [0.15, 0.2) is 0 Å². The fraction of sp³-hybridized carbons (Fsp3) is 0.682. The zero-order chi connectivity index (χ0) is 22.8. The van der Waals surface area contributed by atoms with E-state index in [0.29, 0.717) is 16.7 Å². The molecule has 0 aliphatic heterocycles. The maximum Gasteiger partial charge on any atom is 0.305 e. The largest absolute Gasteiger partial charge is 0.481 e. The quantitative estimate of drug-likeness (QED) is 0.320. The summed E-state index contributed by atoms with van der Waals surface area (Å²) in [6.45, 7) is 2.60. The van der Waals surface area contributed by atoms with Crippen molar-refractivity contribution in [3.05, 3.63) is 29.8 Å². The van der Waals surface area contributed by atoms with E-state index in [1.807, 2.05) is 33.3 Å². The van der Waals surface area contributed by atoms with Gasteiger partial charge in [-0.25, -0.2) is 0 Å². The number of unbranched alkanes of at least 4 members (excludes halogenated alkanes) is 5. The Labute approximate surface area is 182 Å². The van der Waals surface area contributed by atoms with Crippen molar-refractivity contribution in [2.75, 3.05) is 39.5 Å². The van der Waals surface area contributed by atoms with Crippen molar-refractivity contribution in [2.24, 2.45) is 0 Å². The third-order valence-electron chi connectivity index (χ3n) is 5.08. The van der Waals surface area contributed by atoms with Crippen LogP contribution < -0.4 is 4.72 Å². The molecule has 1 atom stereocenters. The summed E-state index contributed by atoms with van der Waals surface area (Å²) in [4.78, 5) is 11.2. The van der Waals surface area contributed by atoms with Crippen molar-refractivity contribution >= 4 is 21.9 Å². The normalized spacial score (nSPS) is 13.4. The number of hydrogen-bond donors (Lipinski definition) is 2. The highest BCUT2D eigenvalue weighted by molar-refractivity contribution is 7.90. The number of nitrogens with zero attached hydrogens (tertiary/aromatic N) is 2. The van der Waals surface area contributed by atoms with Gasteiger partial charge in [0.05, 0.1) is 40.2 Å². The van der Waals surface area contributed by atoms with Crippen LogP contribution in [0.2, 0.25) is 0 Å². The van der Waals surface area contributed by atoms with Gasteiger partial charge >= 0.3 is 16.2 Å². The molecule has 0 amide bonds. The molecule has 2 N–H and O–H groups in total. The van der Waals surface area contributed by atoms with Gasteiger partial charge in [-0.2, -0.15) is 12.7 Å². The molecule has 0 aliphatic rings. The first-order valence-corrected chi connectivity index (χ1v) is 12.3. The van der Waals surface area contributed by atoms with E-state index in [2.05, 4.69) is 11.6 Å². The molecule has 0 radical (unpaired) electrons. The second kappa shape index (κ2) is 12.3. The molecule has 1 aromatic carbocycles. The van der Waals surface area contributed by atoms with Gasteiger partial charge in [-0.1, -0.05) is 51.2 Å². The summed E-state index contributed by atoms with van der Waals surface area (Å²) in [7, 11) is 3.29. The molecule has 1 rings (SSSR count). The molecule has 172 valence electrons. The van der Waals surface area contributed by atoms with E-state index in [1.54, 1.807) is 12.1 Å². The Balaban J connectivity index is 2.69. The number of benzene rings is 1. The summed E-state index contributed by atoms with van der Waals surface area (Å²) in [5.41, 5.74) is 1.67. The number of carboxylic acid groups (broad SMARTS) is 1. The zero-order valence-corrected chi connectivity index (χ0v) is 20.0. The van der Waals surface area contributed by atoms with Gasteiger partial charge in [0, 0.05) is 12.7 Å². The SMILES string of the molecule is CCCCCCCCc1ccc(NS(=O)(=O)N(C)[C@H](CC(=O)O)C[N+](C)(C)C)cc1. The first-order chi connectivity index (χ1) is 13.9. The molecule has 0 heterocycles. The van der Waals surface area contributed by atoms with Crippen LogP contribution in [-0.2, 0) is 21.4 Å². The number of nitrogens with one attached hydrogen (secondary N) is 1. The average molecular weight is 443 g/mol. The number of likely N-dealkylation sites (N-methyl/N-ethyl adjacent to an activating group) is 2. The van der Waals surface area contributed by atoms with Crippen molar-refractivity contribution in [3.8, 4) is 0 Å². The fourth-order valence-corrected chi connectivity index (χ4v) is 4.52. The lowest BCUT2D eigenvalue weighted by Gasteiger charge is -2.33. The van der Waals surface area contributed by atoms with Crippen molar-refractivity contribution in [3.63, 3.8) is 0 Å². The van der Waals surface area contributed by atoms with Gasteiger partial charge < -0.3 is 9.59 Å². The van der Waals surface area contributed by atoms with Crippen LogP contribution in [-0.4, -0.2) is 69.1 Å². The van der Waals surface area contributed by atoms with Crippen LogP contribution in [0.4, 0.5) is 5.69 Å². The number of carbonyl (C=O) groups is 1. The number of rotatable bonds is 15. The highest BCUT2D eigenvalue weighted by atomic mass is 32.2. The Bertz CT molecular complexity index is 743. The van der Waals surface area contributed by atoms with Gasteiger partial charge in [-0.05, 0) is 30.5 Å². The Kier molecular flexibility index (Phi) is 10.8. The summed E-state index contributed by atoms with van der Waals surface area (Å²) in [6, 6.07) is 6.79. The lowest BCUT2D eigenvalue weighted by molar-refractivity contribution is -0.872. The third kappa shape index (κ3) is 10.4. The molecule has 0 saturated heterocycles. The molecule has 30 heavy (non-hydrogen) atoms. The first-order valence-electron chi connectivity index (χ1n) is 10.8. The van der Waals surface area contributed by atoms with Gasteiger partial charge in [0.2, 0.25) is 0 Å². The van der Waals surface area contributed by atoms with E-state index in [0.717, 1.165) is 17.1 Å². The zero-order valence-electron chi connectivity index (χ0n) is 19.2. The van der Waals surface area contributed by atoms with Gasteiger partial charge in [-0.15, -0.1) is 0 Å². The van der Waals surface area contributed by atoms with E-state index in [4.69, 9.17) is 0 Å². The van der Waals surface area contributed by atoms with Crippen molar-refractivity contribution < 1.29 is 22.8 Å². The minimum absolute atomic E-state index is 0.246. The monoisotopic (exact) mass is 442 g/mol. The Morgan fingerprint density at radius 3 is 2.17 bits per heavy atom. The number of quaternary nitrogens is 1. The molecule has 0 aliphatic carbocycles. The van der Waals surface area contributed by atoms with Crippen molar-refractivity contribution in [2.45, 2.75) is 64.3 Å². The predicted molar refractivity (Wildman–Crippen MR) is 123 cm³/mol.